The zero-order valence-electron chi connectivity index (χ0n) is 5.52. The summed E-state index contributed by atoms with van der Waals surface area (Å²) in [6, 6.07) is 0. The Kier molecular flexibility index (Phi) is 2.46. The molecule has 1 saturated carbocycles. The van der Waals surface area contributed by atoms with Gasteiger partial charge in [0, 0.05) is 12.5 Å². The van der Waals surface area contributed by atoms with E-state index in [4.69, 9.17) is 5.11 Å². The minimum absolute atomic E-state index is 0.0289. The lowest BCUT2D eigenvalue weighted by atomic mass is 9.88. The smallest absolute Gasteiger partial charge is 0.105 e. The number of rotatable bonds is 1. The summed E-state index contributed by atoms with van der Waals surface area (Å²) in [6.45, 7) is 0.0289. The van der Waals surface area contributed by atoms with Gasteiger partial charge in [-0.3, -0.25) is 0 Å². The summed E-state index contributed by atoms with van der Waals surface area (Å²) in [5.74, 6) is -0.0567. The van der Waals surface area contributed by atoms with E-state index < -0.39 is 6.17 Å². The van der Waals surface area contributed by atoms with E-state index in [0.717, 1.165) is 19.3 Å². The van der Waals surface area contributed by atoms with Crippen molar-refractivity contribution in [1.82, 2.24) is 0 Å². The van der Waals surface area contributed by atoms with Gasteiger partial charge in [0.2, 0.25) is 0 Å². The van der Waals surface area contributed by atoms with Crippen molar-refractivity contribution in [1.29, 1.82) is 0 Å². The Morgan fingerprint density at radius 3 is 2.44 bits per heavy atom. The normalized spacial score (nSPS) is 36.7. The maximum atomic E-state index is 12.7. The van der Waals surface area contributed by atoms with Gasteiger partial charge in [0.25, 0.3) is 0 Å². The van der Waals surface area contributed by atoms with Crippen LogP contribution in [-0.4, -0.2) is 17.9 Å². The summed E-state index contributed by atoms with van der Waals surface area (Å²) >= 11 is 0. The Hall–Kier alpha value is -0.110. The number of aliphatic hydroxyl groups excluding tert-OH is 1. The zero-order valence-corrected chi connectivity index (χ0v) is 5.52. The van der Waals surface area contributed by atoms with Gasteiger partial charge in [-0.1, -0.05) is 12.8 Å². The summed E-state index contributed by atoms with van der Waals surface area (Å²) in [7, 11) is 0. The highest BCUT2D eigenvalue weighted by atomic mass is 19.1. The summed E-state index contributed by atoms with van der Waals surface area (Å²) in [4.78, 5) is 0. The van der Waals surface area contributed by atoms with Crippen LogP contribution in [0.1, 0.15) is 25.7 Å². The van der Waals surface area contributed by atoms with Crippen LogP contribution >= 0.6 is 0 Å². The quantitative estimate of drug-likeness (QED) is 0.573. The molecule has 54 valence electrons. The van der Waals surface area contributed by atoms with Gasteiger partial charge in [-0.15, -0.1) is 0 Å². The van der Waals surface area contributed by atoms with Crippen LogP contribution in [-0.2, 0) is 0 Å². The van der Waals surface area contributed by atoms with E-state index in [1.165, 1.54) is 0 Å². The minimum Gasteiger partial charge on any atom is -0.396 e. The molecule has 0 aromatic carbocycles. The highest BCUT2D eigenvalue weighted by Gasteiger charge is 2.23. The van der Waals surface area contributed by atoms with Crippen molar-refractivity contribution in [3.05, 3.63) is 0 Å². The van der Waals surface area contributed by atoms with Crippen LogP contribution < -0.4 is 0 Å². The largest absolute Gasteiger partial charge is 0.396 e. The molecule has 0 aromatic heterocycles. The van der Waals surface area contributed by atoms with E-state index >= 15 is 0 Å². The van der Waals surface area contributed by atoms with Gasteiger partial charge in [-0.2, -0.15) is 0 Å². The Balaban J connectivity index is 2.30. The molecule has 0 heterocycles. The van der Waals surface area contributed by atoms with Gasteiger partial charge in [-0.05, 0) is 12.8 Å². The molecule has 0 bridgehead atoms. The monoisotopic (exact) mass is 132 g/mol. The fraction of sp³-hybridized carbons (Fsp3) is 1.00. The van der Waals surface area contributed by atoms with E-state index in [1.807, 2.05) is 0 Å². The molecule has 1 fully saturated rings. The molecule has 0 spiro atoms. The maximum Gasteiger partial charge on any atom is 0.105 e. The number of alkyl halides is 1. The Labute approximate surface area is 54.9 Å². The highest BCUT2D eigenvalue weighted by Crippen LogP contribution is 2.25. The van der Waals surface area contributed by atoms with Gasteiger partial charge in [-0.25, -0.2) is 4.39 Å². The van der Waals surface area contributed by atoms with Gasteiger partial charge < -0.3 is 5.11 Å². The van der Waals surface area contributed by atoms with Gasteiger partial charge in [0.15, 0.2) is 0 Å². The predicted octanol–water partition coefficient (Wildman–Crippen LogP) is 1.51. The Morgan fingerprint density at radius 1 is 1.33 bits per heavy atom. The number of halogens is 1. The van der Waals surface area contributed by atoms with Crippen molar-refractivity contribution in [3.63, 3.8) is 0 Å². The molecule has 1 N–H and O–H groups in total. The van der Waals surface area contributed by atoms with Crippen LogP contribution in [0.3, 0.4) is 0 Å². The molecule has 0 amide bonds. The summed E-state index contributed by atoms with van der Waals surface area (Å²) < 4.78 is 12.7. The molecule has 1 nitrogen and oxygen atoms in total. The molecule has 1 aliphatic carbocycles. The van der Waals surface area contributed by atoms with E-state index in [9.17, 15) is 4.39 Å². The average Bonchev–Trinajstić information content (AvgIpc) is 1.89. The summed E-state index contributed by atoms with van der Waals surface area (Å²) in [5, 5.41) is 8.62. The first-order chi connectivity index (χ1) is 4.34. The summed E-state index contributed by atoms with van der Waals surface area (Å²) in [5.41, 5.74) is 0. The first-order valence-corrected chi connectivity index (χ1v) is 3.59. The topological polar surface area (TPSA) is 20.2 Å². The standard InChI is InChI=1S/C7H13FO/c8-7-4-2-1-3-6(7)5-9/h6-7,9H,1-5H2. The van der Waals surface area contributed by atoms with Gasteiger partial charge >= 0.3 is 0 Å². The van der Waals surface area contributed by atoms with Crippen LogP contribution in [0, 0.1) is 5.92 Å². The van der Waals surface area contributed by atoms with Crippen LogP contribution in [0.25, 0.3) is 0 Å². The average molecular weight is 132 g/mol. The van der Waals surface area contributed by atoms with Crippen LogP contribution in [0.2, 0.25) is 0 Å². The van der Waals surface area contributed by atoms with Crippen molar-refractivity contribution in [3.8, 4) is 0 Å². The third kappa shape index (κ3) is 1.65. The lowest BCUT2D eigenvalue weighted by Crippen LogP contribution is -2.23. The number of aliphatic hydroxyl groups is 1. The molecule has 1 aliphatic rings. The van der Waals surface area contributed by atoms with Crippen LogP contribution in [0.4, 0.5) is 4.39 Å². The second-order valence-electron chi connectivity index (χ2n) is 2.74. The lowest BCUT2D eigenvalue weighted by molar-refractivity contribution is 0.101. The van der Waals surface area contributed by atoms with Crippen molar-refractivity contribution in [2.75, 3.05) is 6.61 Å². The molecular weight excluding hydrogens is 119 g/mol. The Bertz CT molecular complexity index is 85.0. The van der Waals surface area contributed by atoms with Gasteiger partial charge in [0.1, 0.15) is 6.17 Å². The molecule has 0 saturated heterocycles. The van der Waals surface area contributed by atoms with Crippen LogP contribution in [0.5, 0.6) is 0 Å². The SMILES string of the molecule is OCC1CCCCC1F. The van der Waals surface area contributed by atoms with Crippen LogP contribution in [0.15, 0.2) is 0 Å². The molecule has 0 aromatic rings. The third-order valence-corrected chi connectivity index (χ3v) is 2.05. The molecule has 2 unspecified atom stereocenters. The van der Waals surface area contributed by atoms with E-state index in [0.29, 0.717) is 6.42 Å². The summed E-state index contributed by atoms with van der Waals surface area (Å²) in [6.07, 6.45) is 2.88. The van der Waals surface area contributed by atoms with E-state index in [1.54, 1.807) is 0 Å². The molecule has 2 atom stereocenters. The molecular formula is C7H13FO. The first-order valence-electron chi connectivity index (χ1n) is 3.59. The van der Waals surface area contributed by atoms with Crippen molar-refractivity contribution >= 4 is 0 Å². The molecule has 1 rings (SSSR count). The second-order valence-corrected chi connectivity index (χ2v) is 2.74. The van der Waals surface area contributed by atoms with Gasteiger partial charge in [0.05, 0.1) is 0 Å². The Morgan fingerprint density at radius 2 is 2.00 bits per heavy atom. The molecule has 9 heavy (non-hydrogen) atoms. The molecule has 0 aliphatic heterocycles. The number of hydrogen-bond donors (Lipinski definition) is 1. The van der Waals surface area contributed by atoms with Crippen molar-refractivity contribution < 1.29 is 9.50 Å². The molecule has 2 heteroatoms. The molecule has 0 radical (unpaired) electrons. The van der Waals surface area contributed by atoms with E-state index in [2.05, 4.69) is 0 Å². The second kappa shape index (κ2) is 3.16. The highest BCUT2D eigenvalue weighted by molar-refractivity contribution is 4.73. The maximum absolute atomic E-state index is 12.7. The van der Waals surface area contributed by atoms with E-state index in [-0.39, 0.29) is 12.5 Å². The van der Waals surface area contributed by atoms with Crippen molar-refractivity contribution in [2.45, 2.75) is 31.9 Å². The van der Waals surface area contributed by atoms with Crippen molar-refractivity contribution in [2.24, 2.45) is 5.92 Å². The first kappa shape index (κ1) is 7.00. The third-order valence-electron chi connectivity index (χ3n) is 2.05. The fourth-order valence-corrected chi connectivity index (χ4v) is 1.37. The fourth-order valence-electron chi connectivity index (χ4n) is 1.37. The minimum atomic E-state index is -0.733. The predicted molar refractivity (Wildman–Crippen MR) is 33.9 cm³/mol. The lowest BCUT2D eigenvalue weighted by Gasteiger charge is -2.23. The zero-order chi connectivity index (χ0) is 6.69. The number of hydrogen-bond acceptors (Lipinski definition) is 1.